The van der Waals surface area contributed by atoms with Crippen LogP contribution in [0.15, 0.2) is 18.2 Å². The molecule has 1 aromatic carbocycles. The number of amides is 1. The highest BCUT2D eigenvalue weighted by Gasteiger charge is 2.08. The number of hydrogen-bond donors (Lipinski definition) is 2. The summed E-state index contributed by atoms with van der Waals surface area (Å²) >= 11 is 1.57. The van der Waals surface area contributed by atoms with Gasteiger partial charge in [0.2, 0.25) is 5.91 Å². The van der Waals surface area contributed by atoms with Gasteiger partial charge in [-0.25, -0.2) is 0 Å². The molecular formula is C13H20N2O3S. The molecule has 0 aromatic heterocycles. The Labute approximate surface area is 117 Å². The van der Waals surface area contributed by atoms with Gasteiger partial charge in [-0.3, -0.25) is 4.79 Å². The zero-order valence-corrected chi connectivity index (χ0v) is 12.1. The molecule has 0 heterocycles. The summed E-state index contributed by atoms with van der Waals surface area (Å²) < 4.78 is 10.3. The third kappa shape index (κ3) is 5.40. The highest BCUT2D eigenvalue weighted by atomic mass is 32.2. The Hall–Kier alpha value is -1.40. The van der Waals surface area contributed by atoms with Crippen molar-refractivity contribution in [3.05, 3.63) is 18.2 Å². The molecule has 0 aliphatic carbocycles. The van der Waals surface area contributed by atoms with Gasteiger partial charge in [-0.2, -0.15) is 11.8 Å². The fraction of sp³-hybridized carbons (Fsp3) is 0.462. The van der Waals surface area contributed by atoms with Gasteiger partial charge < -0.3 is 20.5 Å². The maximum atomic E-state index is 11.7. The molecule has 3 N–H and O–H groups in total. The largest absolute Gasteiger partial charge is 0.497 e. The molecule has 1 rings (SSSR count). The monoisotopic (exact) mass is 284 g/mol. The van der Waals surface area contributed by atoms with Crippen molar-refractivity contribution in [1.82, 2.24) is 0 Å². The van der Waals surface area contributed by atoms with E-state index < -0.39 is 0 Å². The number of rotatable bonds is 8. The lowest BCUT2D eigenvalue weighted by molar-refractivity contribution is -0.113. The van der Waals surface area contributed by atoms with Gasteiger partial charge in [0, 0.05) is 6.07 Å². The first-order valence-electron chi connectivity index (χ1n) is 6.01. The van der Waals surface area contributed by atoms with Gasteiger partial charge in [-0.15, -0.1) is 0 Å². The average molecular weight is 284 g/mol. The molecule has 106 valence electrons. The summed E-state index contributed by atoms with van der Waals surface area (Å²) in [5, 5.41) is 2.82. The van der Waals surface area contributed by atoms with Crippen molar-refractivity contribution in [3.63, 3.8) is 0 Å². The first-order chi connectivity index (χ1) is 9.21. The maximum Gasteiger partial charge on any atom is 0.234 e. The van der Waals surface area contributed by atoms with Crippen LogP contribution in [0.5, 0.6) is 11.5 Å². The van der Waals surface area contributed by atoms with E-state index in [4.69, 9.17) is 15.2 Å². The Balaban J connectivity index is 2.53. The van der Waals surface area contributed by atoms with Crippen LogP contribution in [-0.2, 0) is 4.79 Å². The van der Waals surface area contributed by atoms with Crippen molar-refractivity contribution in [2.45, 2.75) is 6.42 Å². The molecular weight excluding hydrogens is 264 g/mol. The van der Waals surface area contributed by atoms with Gasteiger partial charge >= 0.3 is 0 Å². The highest BCUT2D eigenvalue weighted by Crippen LogP contribution is 2.29. The summed E-state index contributed by atoms with van der Waals surface area (Å²) in [5.41, 5.74) is 6.04. The Morgan fingerprint density at radius 1 is 1.37 bits per heavy atom. The number of carbonyl (C=O) groups excluding carboxylic acids is 1. The minimum Gasteiger partial charge on any atom is -0.497 e. The molecule has 0 saturated heterocycles. The number of methoxy groups -OCH3 is 2. The fourth-order valence-electron chi connectivity index (χ4n) is 1.44. The lowest BCUT2D eigenvalue weighted by Crippen LogP contribution is -2.15. The van der Waals surface area contributed by atoms with E-state index in [9.17, 15) is 4.79 Å². The van der Waals surface area contributed by atoms with Crippen molar-refractivity contribution in [3.8, 4) is 11.5 Å². The topological polar surface area (TPSA) is 73.6 Å². The standard InChI is InChI=1S/C13H20N2O3S/c1-17-10-4-5-11(12(8-10)18-2)15-13(16)9-19-7-3-6-14/h4-5,8H,3,6-7,9,14H2,1-2H3,(H,15,16). The number of nitrogens with two attached hydrogens (primary N) is 1. The fourth-order valence-corrected chi connectivity index (χ4v) is 2.21. The molecule has 6 heteroatoms. The van der Waals surface area contributed by atoms with Gasteiger partial charge in [0.25, 0.3) is 0 Å². The van der Waals surface area contributed by atoms with Gasteiger partial charge in [0.1, 0.15) is 11.5 Å². The summed E-state index contributed by atoms with van der Waals surface area (Å²) in [5.74, 6) is 2.52. The molecule has 0 atom stereocenters. The minimum atomic E-state index is -0.0505. The second-order valence-electron chi connectivity index (χ2n) is 3.81. The first kappa shape index (κ1) is 15.7. The predicted octanol–water partition coefficient (Wildman–Crippen LogP) is 1.72. The summed E-state index contributed by atoms with van der Waals surface area (Å²) in [6, 6.07) is 5.27. The van der Waals surface area contributed by atoms with E-state index >= 15 is 0 Å². The van der Waals surface area contributed by atoms with Crippen LogP contribution in [0.3, 0.4) is 0 Å². The van der Waals surface area contributed by atoms with Gasteiger partial charge in [-0.05, 0) is 30.9 Å². The van der Waals surface area contributed by atoms with Crippen LogP contribution in [0, 0.1) is 0 Å². The van der Waals surface area contributed by atoms with E-state index in [-0.39, 0.29) is 5.91 Å². The molecule has 0 radical (unpaired) electrons. The average Bonchev–Trinajstić information content (AvgIpc) is 2.44. The number of benzene rings is 1. The smallest absolute Gasteiger partial charge is 0.234 e. The van der Waals surface area contributed by atoms with Crippen molar-refractivity contribution in [1.29, 1.82) is 0 Å². The molecule has 0 aliphatic heterocycles. The van der Waals surface area contributed by atoms with Crippen LogP contribution in [0.1, 0.15) is 6.42 Å². The van der Waals surface area contributed by atoms with Crippen LogP contribution >= 0.6 is 11.8 Å². The normalized spacial score (nSPS) is 10.1. The zero-order chi connectivity index (χ0) is 14.1. The van der Waals surface area contributed by atoms with Gasteiger partial charge in [0.15, 0.2) is 0 Å². The van der Waals surface area contributed by atoms with E-state index in [1.807, 2.05) is 0 Å². The number of ether oxygens (including phenoxy) is 2. The molecule has 1 amide bonds. The molecule has 0 aliphatic rings. The molecule has 5 nitrogen and oxygen atoms in total. The van der Waals surface area contributed by atoms with E-state index in [2.05, 4.69) is 5.32 Å². The second kappa shape index (κ2) is 8.66. The van der Waals surface area contributed by atoms with E-state index in [1.165, 1.54) is 0 Å². The summed E-state index contributed by atoms with van der Waals surface area (Å²) in [7, 11) is 3.14. The first-order valence-corrected chi connectivity index (χ1v) is 7.16. The van der Waals surface area contributed by atoms with Crippen LogP contribution in [0.2, 0.25) is 0 Å². The Bertz CT molecular complexity index is 413. The SMILES string of the molecule is COc1ccc(NC(=O)CSCCCN)c(OC)c1. The van der Waals surface area contributed by atoms with Crippen molar-refractivity contribution in [2.24, 2.45) is 5.73 Å². The summed E-state index contributed by atoms with van der Waals surface area (Å²) in [4.78, 5) is 11.7. The van der Waals surface area contributed by atoms with Crippen molar-refractivity contribution < 1.29 is 14.3 Å². The second-order valence-corrected chi connectivity index (χ2v) is 4.91. The van der Waals surface area contributed by atoms with Crippen LogP contribution in [0.4, 0.5) is 5.69 Å². The summed E-state index contributed by atoms with van der Waals surface area (Å²) in [6.45, 7) is 0.654. The lowest BCUT2D eigenvalue weighted by Gasteiger charge is -2.11. The molecule has 0 saturated carbocycles. The third-order valence-corrected chi connectivity index (χ3v) is 3.45. The Morgan fingerprint density at radius 3 is 2.79 bits per heavy atom. The molecule has 0 unspecified atom stereocenters. The molecule has 0 fully saturated rings. The highest BCUT2D eigenvalue weighted by molar-refractivity contribution is 7.99. The molecule has 0 spiro atoms. The lowest BCUT2D eigenvalue weighted by atomic mass is 10.2. The number of nitrogens with one attached hydrogen (secondary N) is 1. The third-order valence-electron chi connectivity index (χ3n) is 2.41. The van der Waals surface area contributed by atoms with Crippen molar-refractivity contribution in [2.75, 3.05) is 37.6 Å². The quantitative estimate of drug-likeness (QED) is 0.711. The number of hydrogen-bond acceptors (Lipinski definition) is 5. The molecule has 1 aromatic rings. The van der Waals surface area contributed by atoms with Crippen molar-refractivity contribution >= 4 is 23.4 Å². The maximum absolute atomic E-state index is 11.7. The minimum absolute atomic E-state index is 0.0505. The molecule has 19 heavy (non-hydrogen) atoms. The number of carbonyl (C=O) groups is 1. The van der Waals surface area contributed by atoms with Crippen LogP contribution in [0.25, 0.3) is 0 Å². The number of anilines is 1. The number of thioether (sulfide) groups is 1. The van der Waals surface area contributed by atoms with Gasteiger partial charge in [0.05, 0.1) is 25.7 Å². The molecule has 0 bridgehead atoms. The van der Waals surface area contributed by atoms with E-state index in [0.29, 0.717) is 29.5 Å². The van der Waals surface area contributed by atoms with Crippen LogP contribution in [-0.4, -0.2) is 38.2 Å². The Kier molecular flexibility index (Phi) is 7.14. The van der Waals surface area contributed by atoms with Gasteiger partial charge in [-0.1, -0.05) is 0 Å². The van der Waals surface area contributed by atoms with E-state index in [1.54, 1.807) is 44.2 Å². The zero-order valence-electron chi connectivity index (χ0n) is 11.3. The van der Waals surface area contributed by atoms with Crippen LogP contribution < -0.4 is 20.5 Å². The Morgan fingerprint density at radius 2 is 2.16 bits per heavy atom. The summed E-state index contributed by atoms with van der Waals surface area (Å²) in [6.07, 6.45) is 0.920. The predicted molar refractivity (Wildman–Crippen MR) is 79.2 cm³/mol. The van der Waals surface area contributed by atoms with E-state index in [0.717, 1.165) is 12.2 Å².